The monoisotopic (exact) mass is 329 g/mol. The van der Waals surface area contributed by atoms with Gasteiger partial charge in [-0.1, -0.05) is 10.3 Å². The normalized spacial score (nSPS) is 20.8. The zero-order valence-corrected chi connectivity index (χ0v) is 13.7. The van der Waals surface area contributed by atoms with Crippen LogP contribution in [-0.2, 0) is 17.7 Å². The van der Waals surface area contributed by atoms with Crippen LogP contribution in [0.1, 0.15) is 41.3 Å². The predicted octanol–water partition coefficient (Wildman–Crippen LogP) is 2.24. The summed E-state index contributed by atoms with van der Waals surface area (Å²) in [6.07, 6.45) is 5.04. The molecule has 4 heterocycles. The number of hydrogen-bond donors (Lipinski definition) is 0. The molecule has 0 aromatic carbocycles. The highest BCUT2D eigenvalue weighted by Gasteiger charge is 2.34. The SMILES string of the molecule is Cc1noc(C)c1Cc1noc([C@H]2OCC[C@H]2Cn2cccn2)n1. The highest BCUT2D eigenvalue weighted by molar-refractivity contribution is 5.24. The fourth-order valence-corrected chi connectivity index (χ4v) is 3.11. The lowest BCUT2D eigenvalue weighted by atomic mass is 10.0. The van der Waals surface area contributed by atoms with Crippen molar-refractivity contribution in [2.75, 3.05) is 6.61 Å². The predicted molar refractivity (Wildman–Crippen MR) is 82.1 cm³/mol. The van der Waals surface area contributed by atoms with Gasteiger partial charge in [0.15, 0.2) is 5.82 Å². The number of nitrogens with zero attached hydrogens (tertiary/aromatic N) is 5. The maximum Gasteiger partial charge on any atom is 0.256 e. The van der Waals surface area contributed by atoms with Crippen molar-refractivity contribution in [2.45, 2.75) is 39.3 Å². The van der Waals surface area contributed by atoms with Gasteiger partial charge in [-0.15, -0.1) is 0 Å². The van der Waals surface area contributed by atoms with Crippen molar-refractivity contribution in [3.05, 3.63) is 47.2 Å². The van der Waals surface area contributed by atoms with Crippen LogP contribution in [0.5, 0.6) is 0 Å². The number of aromatic nitrogens is 5. The van der Waals surface area contributed by atoms with Crippen LogP contribution in [-0.4, -0.2) is 31.7 Å². The van der Waals surface area contributed by atoms with E-state index in [4.69, 9.17) is 13.8 Å². The summed E-state index contributed by atoms with van der Waals surface area (Å²) < 4.78 is 18.4. The van der Waals surface area contributed by atoms with Crippen LogP contribution in [0.4, 0.5) is 0 Å². The summed E-state index contributed by atoms with van der Waals surface area (Å²) >= 11 is 0. The fourth-order valence-electron chi connectivity index (χ4n) is 3.11. The lowest BCUT2D eigenvalue weighted by Gasteiger charge is -2.14. The van der Waals surface area contributed by atoms with E-state index in [1.165, 1.54) is 0 Å². The number of hydrogen-bond acceptors (Lipinski definition) is 7. The zero-order valence-electron chi connectivity index (χ0n) is 13.7. The summed E-state index contributed by atoms with van der Waals surface area (Å²) in [7, 11) is 0. The van der Waals surface area contributed by atoms with Gasteiger partial charge in [-0.25, -0.2) is 0 Å². The van der Waals surface area contributed by atoms with Crippen molar-refractivity contribution in [1.29, 1.82) is 0 Å². The lowest BCUT2D eigenvalue weighted by molar-refractivity contribution is 0.0578. The Kier molecular flexibility index (Phi) is 3.89. The smallest absolute Gasteiger partial charge is 0.256 e. The van der Waals surface area contributed by atoms with Gasteiger partial charge in [0.2, 0.25) is 0 Å². The molecule has 1 fully saturated rings. The van der Waals surface area contributed by atoms with Crippen molar-refractivity contribution in [3.63, 3.8) is 0 Å². The summed E-state index contributed by atoms with van der Waals surface area (Å²) in [5, 5.41) is 12.3. The molecule has 24 heavy (non-hydrogen) atoms. The third-order valence-corrected chi connectivity index (χ3v) is 4.44. The van der Waals surface area contributed by atoms with Crippen LogP contribution in [0.15, 0.2) is 27.5 Å². The molecule has 2 atom stereocenters. The van der Waals surface area contributed by atoms with E-state index in [9.17, 15) is 0 Å². The standard InChI is InChI=1S/C16H19N5O3/c1-10-13(11(2)23-19-10)8-14-18-16(24-20-14)15-12(4-7-22-15)9-21-6-3-5-17-21/h3,5-6,12,15H,4,7-9H2,1-2H3/t12-,15-/m0/s1. The summed E-state index contributed by atoms with van der Waals surface area (Å²) in [6, 6.07) is 1.92. The molecule has 0 bridgehead atoms. The van der Waals surface area contributed by atoms with Gasteiger partial charge in [0.05, 0.1) is 5.69 Å². The molecule has 0 spiro atoms. The van der Waals surface area contributed by atoms with E-state index in [-0.39, 0.29) is 12.0 Å². The van der Waals surface area contributed by atoms with E-state index in [2.05, 4.69) is 20.4 Å². The molecule has 0 N–H and O–H groups in total. The second-order valence-corrected chi connectivity index (χ2v) is 6.10. The second-order valence-electron chi connectivity index (χ2n) is 6.10. The first kappa shape index (κ1) is 15.1. The number of ether oxygens (including phenoxy) is 1. The highest BCUT2D eigenvalue weighted by atomic mass is 16.5. The Morgan fingerprint density at radius 3 is 2.92 bits per heavy atom. The van der Waals surface area contributed by atoms with E-state index in [0.29, 0.717) is 24.7 Å². The molecule has 1 aliphatic rings. The van der Waals surface area contributed by atoms with Crippen molar-refractivity contribution < 1.29 is 13.8 Å². The van der Waals surface area contributed by atoms with Gasteiger partial charge in [0, 0.05) is 43.4 Å². The van der Waals surface area contributed by atoms with E-state index < -0.39 is 0 Å². The average molecular weight is 329 g/mol. The highest BCUT2D eigenvalue weighted by Crippen LogP contribution is 2.34. The lowest BCUT2D eigenvalue weighted by Crippen LogP contribution is -2.15. The molecular formula is C16H19N5O3. The van der Waals surface area contributed by atoms with Crippen LogP contribution in [0.2, 0.25) is 0 Å². The van der Waals surface area contributed by atoms with Crippen LogP contribution in [0.3, 0.4) is 0 Å². The average Bonchev–Trinajstić information content (AvgIpc) is 3.34. The van der Waals surface area contributed by atoms with Crippen LogP contribution in [0.25, 0.3) is 0 Å². The molecule has 8 nitrogen and oxygen atoms in total. The van der Waals surface area contributed by atoms with Crippen molar-refractivity contribution in [3.8, 4) is 0 Å². The summed E-state index contributed by atoms with van der Waals surface area (Å²) in [6.45, 7) is 5.26. The van der Waals surface area contributed by atoms with Crippen molar-refractivity contribution in [2.24, 2.45) is 5.92 Å². The minimum absolute atomic E-state index is 0.180. The van der Waals surface area contributed by atoms with Gasteiger partial charge in [0.25, 0.3) is 5.89 Å². The van der Waals surface area contributed by atoms with Crippen LogP contribution >= 0.6 is 0 Å². The molecule has 0 unspecified atom stereocenters. The van der Waals surface area contributed by atoms with Gasteiger partial charge in [0.1, 0.15) is 11.9 Å². The molecule has 3 aromatic rings. The number of rotatable bonds is 5. The van der Waals surface area contributed by atoms with Gasteiger partial charge in [-0.2, -0.15) is 10.1 Å². The first-order valence-electron chi connectivity index (χ1n) is 8.04. The minimum Gasteiger partial charge on any atom is -0.368 e. The van der Waals surface area contributed by atoms with Crippen molar-refractivity contribution in [1.82, 2.24) is 25.1 Å². The van der Waals surface area contributed by atoms with E-state index >= 15 is 0 Å². The number of aryl methyl sites for hydroxylation is 2. The quantitative estimate of drug-likeness (QED) is 0.708. The molecule has 1 aliphatic heterocycles. The second kappa shape index (κ2) is 6.20. The topological polar surface area (TPSA) is 92.0 Å². The Hall–Kier alpha value is -2.48. The fraction of sp³-hybridized carbons (Fsp3) is 0.500. The van der Waals surface area contributed by atoms with Crippen LogP contribution < -0.4 is 0 Å². The minimum atomic E-state index is -0.180. The zero-order chi connectivity index (χ0) is 16.5. The third kappa shape index (κ3) is 2.84. The molecule has 3 aromatic heterocycles. The maximum atomic E-state index is 5.83. The van der Waals surface area contributed by atoms with Crippen molar-refractivity contribution >= 4 is 0 Å². The Balaban J connectivity index is 1.49. The first-order valence-corrected chi connectivity index (χ1v) is 8.04. The molecule has 0 aliphatic carbocycles. The molecular weight excluding hydrogens is 310 g/mol. The Morgan fingerprint density at radius 1 is 1.25 bits per heavy atom. The molecule has 126 valence electrons. The molecule has 1 saturated heterocycles. The van der Waals surface area contributed by atoms with E-state index in [1.807, 2.05) is 30.8 Å². The van der Waals surface area contributed by atoms with E-state index in [1.54, 1.807) is 6.20 Å². The van der Waals surface area contributed by atoms with Gasteiger partial charge >= 0.3 is 0 Å². The third-order valence-electron chi connectivity index (χ3n) is 4.44. The summed E-state index contributed by atoms with van der Waals surface area (Å²) in [4.78, 5) is 4.53. The summed E-state index contributed by atoms with van der Waals surface area (Å²) in [5.74, 6) is 2.21. The molecule has 4 rings (SSSR count). The molecule has 8 heteroatoms. The Labute approximate surface area is 138 Å². The molecule has 0 radical (unpaired) electrons. The van der Waals surface area contributed by atoms with E-state index in [0.717, 1.165) is 30.0 Å². The summed E-state index contributed by atoms with van der Waals surface area (Å²) in [5.41, 5.74) is 1.86. The molecule has 0 amide bonds. The Bertz CT molecular complexity index is 788. The van der Waals surface area contributed by atoms with Gasteiger partial charge in [-0.3, -0.25) is 4.68 Å². The van der Waals surface area contributed by atoms with Gasteiger partial charge < -0.3 is 13.8 Å². The molecule has 0 saturated carbocycles. The maximum absolute atomic E-state index is 5.83. The Morgan fingerprint density at radius 2 is 2.17 bits per heavy atom. The largest absolute Gasteiger partial charge is 0.368 e. The van der Waals surface area contributed by atoms with Gasteiger partial charge in [-0.05, 0) is 26.3 Å². The first-order chi connectivity index (χ1) is 11.7. The van der Waals surface area contributed by atoms with Crippen LogP contribution in [0, 0.1) is 19.8 Å².